The minimum atomic E-state index is -1.51. The number of unbranched alkanes of at least 4 members (excludes halogenated alkanes) is 36. The molecule has 0 aromatic heterocycles. The molecule has 0 saturated heterocycles. The van der Waals surface area contributed by atoms with Gasteiger partial charge in [0, 0.05) is 12.8 Å². The molecule has 0 aromatic rings. The Kier molecular flexibility index (Phi) is 50.4. The van der Waals surface area contributed by atoms with Crippen LogP contribution < -0.4 is 0 Å². The summed E-state index contributed by atoms with van der Waals surface area (Å²) in [4.78, 5) is 37.4. The number of nitrogens with zero attached hydrogens (tertiary/aromatic N) is 1. The largest absolute Gasteiger partial charge is 0.477 e. The SMILES string of the molecule is CCCCCCCC/C=C\CCCCCCCCCC(=O)OCC(COC(OCC[N+](C)(C)C)C(=O)O)OC(=O)CCCCCCCCCCCCCCCCC/C=C\CCCCCCCCCC. The van der Waals surface area contributed by atoms with E-state index < -0.39 is 24.3 Å². The number of allylic oxidation sites excluding steroid dienone is 4. The second-order valence-electron chi connectivity index (χ2n) is 21.3. The van der Waals surface area contributed by atoms with Crippen molar-refractivity contribution in [2.24, 2.45) is 0 Å². The van der Waals surface area contributed by atoms with Crippen molar-refractivity contribution in [1.29, 1.82) is 0 Å². The van der Waals surface area contributed by atoms with Gasteiger partial charge in [-0.25, -0.2) is 4.79 Å². The fraction of sp³-hybridized carbons (Fsp3) is 0.883. The quantitative estimate of drug-likeness (QED) is 0.0211. The normalized spacial score (nSPS) is 12.9. The highest BCUT2D eigenvalue weighted by molar-refractivity contribution is 5.71. The molecule has 0 aliphatic heterocycles. The fourth-order valence-corrected chi connectivity index (χ4v) is 8.59. The predicted molar refractivity (Wildman–Crippen MR) is 291 cm³/mol. The maximum absolute atomic E-state index is 12.9. The summed E-state index contributed by atoms with van der Waals surface area (Å²) in [6, 6.07) is 0. The summed E-state index contributed by atoms with van der Waals surface area (Å²) in [5, 5.41) is 9.70. The van der Waals surface area contributed by atoms with Gasteiger partial charge in [-0.2, -0.15) is 0 Å². The van der Waals surface area contributed by atoms with Crippen molar-refractivity contribution in [1.82, 2.24) is 0 Å². The molecule has 0 rings (SSSR count). The number of aliphatic carboxylic acids is 1. The highest BCUT2D eigenvalue weighted by Gasteiger charge is 2.25. The lowest BCUT2D eigenvalue weighted by Gasteiger charge is -2.25. The number of esters is 2. The third-order valence-corrected chi connectivity index (χ3v) is 13.2. The van der Waals surface area contributed by atoms with Crippen molar-refractivity contribution in [3.8, 4) is 0 Å². The summed E-state index contributed by atoms with van der Waals surface area (Å²) >= 11 is 0. The molecule has 9 heteroatoms. The first-order chi connectivity index (χ1) is 33.6. The van der Waals surface area contributed by atoms with E-state index in [0.717, 1.165) is 38.5 Å². The van der Waals surface area contributed by atoms with E-state index >= 15 is 0 Å². The van der Waals surface area contributed by atoms with Crippen molar-refractivity contribution in [2.45, 2.75) is 296 Å². The predicted octanol–water partition coefficient (Wildman–Crippen LogP) is 17.1. The first-order valence-electron chi connectivity index (χ1n) is 29.5. The van der Waals surface area contributed by atoms with Gasteiger partial charge in [-0.3, -0.25) is 9.59 Å². The Balaban J connectivity index is 4.17. The molecule has 0 amide bonds. The van der Waals surface area contributed by atoms with E-state index in [9.17, 15) is 19.5 Å². The smallest absolute Gasteiger partial charge is 0.361 e. The molecule has 0 aliphatic rings. The van der Waals surface area contributed by atoms with E-state index in [2.05, 4.69) is 38.2 Å². The average Bonchev–Trinajstić information content (AvgIpc) is 3.31. The molecule has 69 heavy (non-hydrogen) atoms. The van der Waals surface area contributed by atoms with Crippen LogP contribution in [0.15, 0.2) is 24.3 Å². The molecule has 406 valence electrons. The van der Waals surface area contributed by atoms with Crippen molar-refractivity contribution >= 4 is 17.9 Å². The second kappa shape index (κ2) is 52.1. The Hall–Kier alpha value is -2.23. The molecule has 0 saturated carbocycles. The molecule has 0 heterocycles. The average molecular weight is 978 g/mol. The number of likely N-dealkylation sites (N-methyl/N-ethyl adjacent to an activating group) is 1. The third kappa shape index (κ3) is 53.4. The monoisotopic (exact) mass is 977 g/mol. The standard InChI is InChI=1S/C60H113NO8/c1-6-8-10-12-14-16-18-20-22-24-25-26-27-28-29-30-31-32-33-35-37-39-41-43-45-47-49-51-58(63)69-56(55-68-60(59(64)65)66-53-52-61(3,4)5)54-67-57(62)50-48-46-44-42-40-38-36-34-23-21-19-17-15-13-11-9-7-2/h21,23-25,56,60H,6-20,22,26-55H2,1-5H3/p+1/b23-21-,25-24-. The number of carboxylic acid groups (broad SMARTS) is 1. The van der Waals surface area contributed by atoms with Crippen LogP contribution in [0.25, 0.3) is 0 Å². The number of ether oxygens (including phenoxy) is 4. The summed E-state index contributed by atoms with van der Waals surface area (Å²) in [5.74, 6) is -1.99. The Labute approximate surface area is 427 Å². The first-order valence-corrected chi connectivity index (χ1v) is 29.5. The van der Waals surface area contributed by atoms with Crippen LogP contribution in [0.4, 0.5) is 0 Å². The van der Waals surface area contributed by atoms with Crippen molar-refractivity contribution < 1.29 is 42.9 Å². The number of carbonyl (C=O) groups is 3. The minimum absolute atomic E-state index is 0.180. The highest BCUT2D eigenvalue weighted by Crippen LogP contribution is 2.17. The second-order valence-corrected chi connectivity index (χ2v) is 21.3. The summed E-state index contributed by atoms with van der Waals surface area (Å²) in [7, 11) is 5.97. The zero-order valence-electron chi connectivity index (χ0n) is 46.2. The van der Waals surface area contributed by atoms with Crippen LogP contribution in [0.5, 0.6) is 0 Å². The van der Waals surface area contributed by atoms with Crippen molar-refractivity contribution in [3.63, 3.8) is 0 Å². The maximum atomic E-state index is 12.9. The molecule has 0 bridgehead atoms. The van der Waals surface area contributed by atoms with E-state index in [1.54, 1.807) is 0 Å². The van der Waals surface area contributed by atoms with Crippen LogP contribution >= 0.6 is 0 Å². The highest BCUT2D eigenvalue weighted by atomic mass is 16.7. The molecular formula is C60H114NO8+. The Morgan fingerprint density at radius 2 is 0.739 bits per heavy atom. The molecule has 9 nitrogen and oxygen atoms in total. The number of hydrogen-bond donors (Lipinski definition) is 1. The van der Waals surface area contributed by atoms with Crippen molar-refractivity contribution in [3.05, 3.63) is 24.3 Å². The first kappa shape index (κ1) is 66.8. The van der Waals surface area contributed by atoms with Gasteiger partial charge in [-0.05, 0) is 64.2 Å². The molecule has 0 aliphatic carbocycles. The number of hydrogen-bond acceptors (Lipinski definition) is 7. The lowest BCUT2D eigenvalue weighted by atomic mass is 10.0. The molecule has 0 aromatic carbocycles. The van der Waals surface area contributed by atoms with Gasteiger partial charge in [0.05, 0.1) is 34.4 Å². The van der Waals surface area contributed by atoms with E-state index in [1.807, 2.05) is 21.1 Å². The zero-order valence-corrected chi connectivity index (χ0v) is 46.2. The zero-order chi connectivity index (χ0) is 50.6. The van der Waals surface area contributed by atoms with Crippen LogP contribution in [0.1, 0.15) is 284 Å². The van der Waals surface area contributed by atoms with E-state index in [0.29, 0.717) is 17.4 Å². The lowest BCUT2D eigenvalue weighted by molar-refractivity contribution is -0.870. The van der Waals surface area contributed by atoms with Crippen LogP contribution in [0.2, 0.25) is 0 Å². The topological polar surface area (TPSA) is 108 Å². The van der Waals surface area contributed by atoms with Crippen LogP contribution in [0.3, 0.4) is 0 Å². The van der Waals surface area contributed by atoms with E-state index in [4.69, 9.17) is 18.9 Å². The molecule has 0 spiro atoms. The van der Waals surface area contributed by atoms with Gasteiger partial charge in [-0.1, -0.05) is 231 Å². The van der Waals surface area contributed by atoms with Gasteiger partial charge in [0.1, 0.15) is 13.2 Å². The summed E-state index contributed by atoms with van der Waals surface area (Å²) in [6.45, 7) is 4.91. The molecule has 1 N–H and O–H groups in total. The van der Waals surface area contributed by atoms with E-state index in [1.165, 1.54) is 218 Å². The van der Waals surface area contributed by atoms with Crippen LogP contribution in [-0.2, 0) is 33.3 Å². The van der Waals surface area contributed by atoms with Gasteiger partial charge < -0.3 is 28.5 Å². The lowest BCUT2D eigenvalue weighted by Crippen LogP contribution is -2.40. The number of carbonyl (C=O) groups excluding carboxylic acids is 2. The van der Waals surface area contributed by atoms with E-state index in [-0.39, 0.29) is 32.2 Å². The molecule has 0 fully saturated rings. The summed E-state index contributed by atoms with van der Waals surface area (Å²) < 4.78 is 22.9. The number of rotatable bonds is 55. The van der Waals surface area contributed by atoms with Gasteiger partial charge >= 0.3 is 17.9 Å². The van der Waals surface area contributed by atoms with Crippen LogP contribution in [0, 0.1) is 0 Å². The number of quaternary nitrogens is 1. The molecule has 2 unspecified atom stereocenters. The number of carboxylic acids is 1. The Bertz CT molecular complexity index is 1180. The summed E-state index contributed by atoms with van der Waals surface area (Å²) in [6.07, 6.45) is 58.3. The molecule has 2 atom stereocenters. The fourth-order valence-electron chi connectivity index (χ4n) is 8.59. The Morgan fingerprint density at radius 3 is 1.07 bits per heavy atom. The van der Waals surface area contributed by atoms with Gasteiger partial charge in [-0.15, -0.1) is 0 Å². The summed E-state index contributed by atoms with van der Waals surface area (Å²) in [5.41, 5.74) is 0. The molecular weight excluding hydrogens is 863 g/mol. The third-order valence-electron chi connectivity index (χ3n) is 13.2. The van der Waals surface area contributed by atoms with Gasteiger partial charge in [0.2, 0.25) is 0 Å². The van der Waals surface area contributed by atoms with Gasteiger partial charge in [0.15, 0.2) is 6.10 Å². The van der Waals surface area contributed by atoms with Crippen LogP contribution in [-0.4, -0.2) is 87.4 Å². The minimum Gasteiger partial charge on any atom is -0.477 e. The molecule has 0 radical (unpaired) electrons. The Morgan fingerprint density at radius 1 is 0.420 bits per heavy atom. The maximum Gasteiger partial charge on any atom is 0.361 e. The van der Waals surface area contributed by atoms with Crippen molar-refractivity contribution in [2.75, 3.05) is 47.5 Å². The van der Waals surface area contributed by atoms with Gasteiger partial charge in [0.25, 0.3) is 6.29 Å².